The molecule has 8 nitrogen and oxygen atoms in total. The van der Waals surface area contributed by atoms with Crippen LogP contribution in [0.5, 0.6) is 0 Å². The van der Waals surface area contributed by atoms with Gasteiger partial charge in [-0.15, -0.1) is 0 Å². The highest BCUT2D eigenvalue weighted by Crippen LogP contribution is 2.21. The second-order valence-corrected chi connectivity index (χ2v) is 7.86. The van der Waals surface area contributed by atoms with Gasteiger partial charge in [-0.2, -0.15) is 16.9 Å². The van der Waals surface area contributed by atoms with Crippen molar-refractivity contribution in [1.29, 1.82) is 0 Å². The molecule has 3 N–H and O–H groups in total. The predicted octanol–water partition coefficient (Wildman–Crippen LogP) is 3.73. The molecule has 1 aromatic carbocycles. The first-order valence-corrected chi connectivity index (χ1v) is 10.8. The van der Waals surface area contributed by atoms with E-state index >= 15 is 0 Å². The van der Waals surface area contributed by atoms with Crippen LogP contribution in [0.1, 0.15) is 37.9 Å². The monoisotopic (exact) mass is 469 g/mol. The molecule has 0 aliphatic rings. The summed E-state index contributed by atoms with van der Waals surface area (Å²) >= 11 is 7.46. The summed E-state index contributed by atoms with van der Waals surface area (Å²) in [5, 5.41) is 15.1. The number of anilines is 1. The minimum atomic E-state index is -1.21. The molecule has 0 saturated heterocycles. The Balaban J connectivity index is 1.63. The van der Waals surface area contributed by atoms with Crippen molar-refractivity contribution in [3.63, 3.8) is 0 Å². The van der Waals surface area contributed by atoms with Crippen LogP contribution in [0.25, 0.3) is 0 Å². The number of benzene rings is 1. The second kappa shape index (κ2) is 9.92. The molecule has 31 heavy (non-hydrogen) atoms. The third-order valence-corrected chi connectivity index (χ3v) is 5.27. The van der Waals surface area contributed by atoms with E-state index in [1.54, 1.807) is 18.7 Å². The first kappa shape index (κ1) is 22.8. The van der Waals surface area contributed by atoms with Crippen molar-refractivity contribution in [2.75, 3.05) is 17.3 Å². The third kappa shape index (κ3) is 5.42. The van der Waals surface area contributed by atoms with Gasteiger partial charge in [0.15, 0.2) is 17.5 Å². The van der Waals surface area contributed by atoms with Gasteiger partial charge in [0.2, 0.25) is 0 Å². The highest BCUT2D eigenvalue weighted by Gasteiger charge is 2.18. The van der Waals surface area contributed by atoms with Gasteiger partial charge in [-0.25, -0.2) is 8.78 Å². The van der Waals surface area contributed by atoms with Crippen molar-refractivity contribution in [2.24, 2.45) is 0 Å². The van der Waals surface area contributed by atoms with E-state index in [1.807, 2.05) is 6.26 Å². The lowest BCUT2D eigenvalue weighted by Gasteiger charge is -2.05. The molecule has 0 saturated carbocycles. The van der Waals surface area contributed by atoms with Gasteiger partial charge in [0.1, 0.15) is 11.5 Å². The lowest BCUT2D eigenvalue weighted by atomic mass is 10.1. The second-order valence-electron chi connectivity index (χ2n) is 6.46. The molecule has 0 bridgehead atoms. The van der Waals surface area contributed by atoms with Gasteiger partial charge in [-0.05, 0) is 25.3 Å². The Hall–Kier alpha value is -2.92. The Bertz CT molecular complexity index is 1120. The maximum Gasteiger partial charge on any atom is 0.269 e. The standard InChI is InChI=1S/C19H18ClF2N5O3S/c1-9-11(16(30-27-9)3-4-31-2)8-23-19(29)15-7-17(26-25-15)24-18(28)10-5-13(21)14(22)6-12(10)20/h5-7H,3-4,8H2,1-2H3,(H,23,29)(H2,24,25,26,28). The van der Waals surface area contributed by atoms with Gasteiger partial charge >= 0.3 is 0 Å². The zero-order chi connectivity index (χ0) is 22.5. The average Bonchev–Trinajstić information content (AvgIpc) is 3.33. The zero-order valence-corrected chi connectivity index (χ0v) is 18.1. The molecule has 2 aromatic heterocycles. The average molecular weight is 470 g/mol. The Morgan fingerprint density at radius 2 is 1.97 bits per heavy atom. The summed E-state index contributed by atoms with van der Waals surface area (Å²) in [5.74, 6) is -2.05. The molecule has 12 heteroatoms. The van der Waals surface area contributed by atoms with Crippen LogP contribution in [0.4, 0.5) is 14.6 Å². The number of hydrogen-bond donors (Lipinski definition) is 3. The van der Waals surface area contributed by atoms with Crippen molar-refractivity contribution in [2.45, 2.75) is 19.9 Å². The van der Waals surface area contributed by atoms with Gasteiger partial charge in [0, 0.05) is 30.3 Å². The van der Waals surface area contributed by atoms with Crippen LogP contribution in [0.15, 0.2) is 22.7 Å². The van der Waals surface area contributed by atoms with Crippen LogP contribution in [-0.2, 0) is 13.0 Å². The molecular formula is C19H18ClF2N5O3S. The SMILES string of the molecule is CSCCc1onc(C)c1CNC(=O)c1cc(NC(=O)c2cc(F)c(F)cc2Cl)n[nH]1. The van der Waals surface area contributed by atoms with E-state index in [1.165, 1.54) is 6.07 Å². The summed E-state index contributed by atoms with van der Waals surface area (Å²) < 4.78 is 31.9. The van der Waals surface area contributed by atoms with E-state index in [0.717, 1.165) is 11.3 Å². The van der Waals surface area contributed by atoms with Crippen LogP contribution >= 0.6 is 23.4 Å². The predicted molar refractivity (Wildman–Crippen MR) is 112 cm³/mol. The van der Waals surface area contributed by atoms with Gasteiger partial charge in [-0.3, -0.25) is 14.7 Å². The summed E-state index contributed by atoms with van der Waals surface area (Å²) in [7, 11) is 0. The number of H-pyrrole nitrogens is 1. The Labute approximate surface area is 185 Å². The number of aryl methyl sites for hydroxylation is 2. The Morgan fingerprint density at radius 3 is 2.71 bits per heavy atom. The quantitative estimate of drug-likeness (QED) is 0.433. The summed E-state index contributed by atoms with van der Waals surface area (Å²) in [6.45, 7) is 2.00. The topological polar surface area (TPSA) is 113 Å². The van der Waals surface area contributed by atoms with Gasteiger partial charge in [0.05, 0.1) is 16.3 Å². The molecule has 0 atom stereocenters. The summed E-state index contributed by atoms with van der Waals surface area (Å²) in [4.78, 5) is 24.7. The smallest absolute Gasteiger partial charge is 0.269 e. The van der Waals surface area contributed by atoms with Crippen LogP contribution in [0, 0.1) is 18.6 Å². The number of aromatic nitrogens is 3. The number of nitrogens with one attached hydrogen (secondary N) is 3. The largest absolute Gasteiger partial charge is 0.361 e. The molecular weight excluding hydrogens is 452 g/mol. The minimum absolute atomic E-state index is 0.0118. The molecule has 3 aromatic rings. The van der Waals surface area contributed by atoms with E-state index in [0.29, 0.717) is 30.0 Å². The number of carbonyl (C=O) groups is 2. The number of hydrogen-bond acceptors (Lipinski definition) is 6. The van der Waals surface area contributed by atoms with E-state index in [-0.39, 0.29) is 28.6 Å². The molecule has 3 rings (SSSR count). The van der Waals surface area contributed by atoms with E-state index < -0.39 is 23.4 Å². The number of carbonyl (C=O) groups excluding carboxylic acids is 2. The van der Waals surface area contributed by atoms with Gasteiger partial charge in [0.25, 0.3) is 11.8 Å². The van der Waals surface area contributed by atoms with Crippen molar-refractivity contribution >= 4 is 41.0 Å². The molecule has 2 amide bonds. The van der Waals surface area contributed by atoms with Crippen molar-refractivity contribution < 1.29 is 22.9 Å². The molecule has 0 radical (unpaired) electrons. The molecule has 0 unspecified atom stereocenters. The lowest BCUT2D eigenvalue weighted by molar-refractivity contribution is 0.0944. The molecule has 0 aliphatic heterocycles. The highest BCUT2D eigenvalue weighted by atomic mass is 35.5. The number of rotatable bonds is 8. The summed E-state index contributed by atoms with van der Waals surface area (Å²) in [6.07, 6.45) is 2.68. The first-order valence-electron chi connectivity index (χ1n) is 9.02. The zero-order valence-electron chi connectivity index (χ0n) is 16.5. The summed E-state index contributed by atoms with van der Waals surface area (Å²) in [5.41, 5.74) is 1.32. The molecule has 0 aliphatic carbocycles. The van der Waals surface area contributed by atoms with Crippen LogP contribution in [0.2, 0.25) is 5.02 Å². The van der Waals surface area contributed by atoms with Gasteiger partial charge < -0.3 is 15.2 Å². The third-order valence-electron chi connectivity index (χ3n) is 4.34. The molecule has 164 valence electrons. The van der Waals surface area contributed by atoms with Crippen molar-refractivity contribution in [3.05, 3.63) is 63.1 Å². The molecule has 0 spiro atoms. The van der Waals surface area contributed by atoms with E-state index in [4.69, 9.17) is 16.1 Å². The number of thioether (sulfide) groups is 1. The number of aromatic amines is 1. The Kier molecular flexibility index (Phi) is 7.29. The number of nitrogens with zero attached hydrogens (tertiary/aromatic N) is 2. The Morgan fingerprint density at radius 1 is 1.23 bits per heavy atom. The minimum Gasteiger partial charge on any atom is -0.361 e. The fraction of sp³-hybridized carbons (Fsp3) is 0.263. The fourth-order valence-corrected chi connectivity index (χ4v) is 3.33. The maximum atomic E-state index is 13.4. The lowest BCUT2D eigenvalue weighted by Crippen LogP contribution is -2.24. The molecule has 2 heterocycles. The normalized spacial score (nSPS) is 10.9. The van der Waals surface area contributed by atoms with E-state index in [2.05, 4.69) is 26.0 Å². The first-order chi connectivity index (χ1) is 14.8. The highest BCUT2D eigenvalue weighted by molar-refractivity contribution is 7.98. The number of amides is 2. The van der Waals surface area contributed by atoms with Crippen molar-refractivity contribution in [3.8, 4) is 0 Å². The van der Waals surface area contributed by atoms with E-state index in [9.17, 15) is 18.4 Å². The maximum absolute atomic E-state index is 13.4. The fourth-order valence-electron chi connectivity index (χ4n) is 2.70. The van der Waals surface area contributed by atoms with Crippen LogP contribution in [0.3, 0.4) is 0 Å². The number of halogens is 3. The van der Waals surface area contributed by atoms with Gasteiger partial charge in [-0.1, -0.05) is 16.8 Å². The van der Waals surface area contributed by atoms with Crippen LogP contribution in [-0.4, -0.2) is 39.2 Å². The van der Waals surface area contributed by atoms with Crippen LogP contribution < -0.4 is 10.6 Å². The van der Waals surface area contributed by atoms with Crippen molar-refractivity contribution in [1.82, 2.24) is 20.7 Å². The summed E-state index contributed by atoms with van der Waals surface area (Å²) in [6, 6.07) is 2.69. The molecule has 0 fully saturated rings.